The van der Waals surface area contributed by atoms with Gasteiger partial charge in [-0.15, -0.1) is 0 Å². The van der Waals surface area contributed by atoms with Gasteiger partial charge < -0.3 is 9.84 Å². The predicted octanol–water partition coefficient (Wildman–Crippen LogP) is 5.89. The van der Waals surface area contributed by atoms with E-state index in [9.17, 15) is 22.7 Å². The van der Waals surface area contributed by atoms with Crippen molar-refractivity contribution < 1.29 is 27.4 Å². The lowest BCUT2D eigenvalue weighted by Crippen LogP contribution is -2.50. The number of hydrogen-bond donors (Lipinski definition) is 1. The van der Waals surface area contributed by atoms with Crippen LogP contribution in [0.4, 0.5) is 17.6 Å². The Morgan fingerprint density at radius 1 is 1.03 bits per heavy atom. The Hall–Kier alpha value is -2.67. The van der Waals surface area contributed by atoms with Gasteiger partial charge in [-0.2, -0.15) is 13.2 Å². The number of fused-ring (bicyclic) bond motifs is 1. The monoisotopic (exact) mass is 435 g/mol. The topological polar surface area (TPSA) is 42.4 Å². The molecular formula is C24H25F4NO2. The van der Waals surface area contributed by atoms with Crippen LogP contribution < -0.4 is 4.74 Å². The van der Waals surface area contributed by atoms with Gasteiger partial charge in [0.1, 0.15) is 11.6 Å². The fourth-order valence-corrected chi connectivity index (χ4v) is 4.08. The molecule has 166 valence electrons. The number of ether oxygens (including phenoxy) is 1. The average Bonchev–Trinajstić information content (AvgIpc) is 2.66. The normalized spacial score (nSPS) is 14.5. The first-order chi connectivity index (χ1) is 14.4. The second-order valence-electron chi connectivity index (χ2n) is 8.60. The van der Waals surface area contributed by atoms with Gasteiger partial charge in [-0.05, 0) is 60.2 Å². The van der Waals surface area contributed by atoms with Crippen molar-refractivity contribution in [2.45, 2.75) is 50.8 Å². The number of aryl methyl sites for hydroxylation is 1. The first-order valence-electron chi connectivity index (χ1n) is 9.84. The molecule has 0 saturated carbocycles. The largest absolute Gasteiger partial charge is 0.496 e. The maximum atomic E-state index is 14.2. The van der Waals surface area contributed by atoms with E-state index in [1.807, 2.05) is 6.92 Å². The summed E-state index contributed by atoms with van der Waals surface area (Å²) in [6.07, 6.45) is -4.81. The third kappa shape index (κ3) is 4.66. The summed E-state index contributed by atoms with van der Waals surface area (Å²) in [6.45, 7) is 4.94. The molecular weight excluding hydrogens is 410 g/mol. The Labute approximate surface area is 178 Å². The highest BCUT2D eigenvalue weighted by Crippen LogP contribution is 2.45. The molecule has 1 unspecified atom stereocenters. The van der Waals surface area contributed by atoms with Crippen LogP contribution in [-0.4, -0.2) is 29.0 Å². The van der Waals surface area contributed by atoms with Crippen LogP contribution in [0.5, 0.6) is 5.75 Å². The fraction of sp³-hybridized carbons (Fsp3) is 0.375. The smallest absolute Gasteiger partial charge is 0.417 e. The van der Waals surface area contributed by atoms with Crippen molar-refractivity contribution in [1.82, 2.24) is 4.98 Å². The summed E-state index contributed by atoms with van der Waals surface area (Å²) < 4.78 is 61.7. The molecule has 0 aliphatic heterocycles. The number of halogens is 4. The number of benzene rings is 2. The number of pyridine rings is 1. The van der Waals surface area contributed by atoms with Crippen molar-refractivity contribution in [1.29, 1.82) is 0 Å². The van der Waals surface area contributed by atoms with Gasteiger partial charge in [0, 0.05) is 23.6 Å². The van der Waals surface area contributed by atoms with E-state index < -0.39 is 35.9 Å². The lowest BCUT2D eigenvalue weighted by atomic mass is 9.72. The van der Waals surface area contributed by atoms with Crippen LogP contribution in [0.25, 0.3) is 10.9 Å². The van der Waals surface area contributed by atoms with Crippen LogP contribution >= 0.6 is 0 Å². The fourth-order valence-electron chi connectivity index (χ4n) is 4.08. The highest BCUT2D eigenvalue weighted by molar-refractivity contribution is 5.82. The lowest BCUT2D eigenvalue weighted by molar-refractivity contribution is -0.266. The zero-order chi connectivity index (χ0) is 23.0. The molecule has 3 rings (SSSR count). The van der Waals surface area contributed by atoms with E-state index in [-0.39, 0.29) is 11.3 Å². The van der Waals surface area contributed by atoms with Gasteiger partial charge >= 0.3 is 6.18 Å². The molecule has 0 fully saturated rings. The summed E-state index contributed by atoms with van der Waals surface area (Å²) in [4.78, 5) is 4.23. The van der Waals surface area contributed by atoms with E-state index in [1.54, 1.807) is 18.2 Å². The number of nitrogens with zero attached hydrogens (tertiary/aromatic N) is 1. The van der Waals surface area contributed by atoms with Crippen molar-refractivity contribution in [3.63, 3.8) is 0 Å². The summed E-state index contributed by atoms with van der Waals surface area (Å²) in [5.41, 5.74) is -2.19. The van der Waals surface area contributed by atoms with Gasteiger partial charge in [0.05, 0.1) is 12.6 Å². The molecule has 3 aromatic rings. The molecule has 2 aromatic carbocycles. The molecule has 31 heavy (non-hydrogen) atoms. The number of rotatable bonds is 6. The SMILES string of the molecule is COc1ccc(F)cc1C(C)(C)CC(O)(Cc1ccnc2cc(C)ccc12)C(F)(F)F. The van der Waals surface area contributed by atoms with Gasteiger partial charge in [0.25, 0.3) is 0 Å². The minimum absolute atomic E-state index is 0.257. The number of hydrogen-bond acceptors (Lipinski definition) is 3. The third-order valence-electron chi connectivity index (χ3n) is 5.62. The Morgan fingerprint density at radius 2 is 1.74 bits per heavy atom. The maximum absolute atomic E-state index is 14.2. The van der Waals surface area contributed by atoms with Gasteiger partial charge in [0.2, 0.25) is 0 Å². The van der Waals surface area contributed by atoms with E-state index >= 15 is 0 Å². The van der Waals surface area contributed by atoms with Gasteiger partial charge in [-0.25, -0.2) is 4.39 Å². The molecule has 0 aliphatic rings. The van der Waals surface area contributed by atoms with E-state index in [0.717, 1.165) is 11.6 Å². The average molecular weight is 435 g/mol. The van der Waals surface area contributed by atoms with Crippen LogP contribution in [0.15, 0.2) is 48.7 Å². The van der Waals surface area contributed by atoms with Gasteiger partial charge in [-0.1, -0.05) is 26.0 Å². The van der Waals surface area contributed by atoms with Crippen molar-refractivity contribution >= 4 is 10.9 Å². The van der Waals surface area contributed by atoms with Crippen LogP contribution in [0.2, 0.25) is 0 Å². The summed E-state index contributed by atoms with van der Waals surface area (Å²) in [7, 11) is 1.37. The summed E-state index contributed by atoms with van der Waals surface area (Å²) in [5, 5.41) is 11.5. The van der Waals surface area contributed by atoms with Crippen LogP contribution in [0.1, 0.15) is 37.0 Å². The van der Waals surface area contributed by atoms with Crippen molar-refractivity contribution in [2.75, 3.05) is 7.11 Å². The molecule has 7 heteroatoms. The van der Waals surface area contributed by atoms with Crippen LogP contribution in [0, 0.1) is 12.7 Å². The second kappa shape index (κ2) is 8.11. The van der Waals surface area contributed by atoms with Crippen molar-refractivity contribution in [2.24, 2.45) is 0 Å². The molecule has 0 amide bonds. The van der Waals surface area contributed by atoms with Gasteiger partial charge in [-0.3, -0.25) is 4.98 Å². The molecule has 0 bridgehead atoms. The summed E-state index contributed by atoms with van der Waals surface area (Å²) >= 11 is 0. The van der Waals surface area contributed by atoms with E-state index in [2.05, 4.69) is 4.98 Å². The predicted molar refractivity (Wildman–Crippen MR) is 112 cm³/mol. The van der Waals surface area contributed by atoms with Crippen molar-refractivity contribution in [3.8, 4) is 5.75 Å². The maximum Gasteiger partial charge on any atom is 0.417 e. The molecule has 0 spiro atoms. The van der Waals surface area contributed by atoms with E-state index in [1.165, 1.54) is 45.4 Å². The van der Waals surface area contributed by atoms with Crippen molar-refractivity contribution in [3.05, 3.63) is 71.2 Å². The summed E-state index contributed by atoms with van der Waals surface area (Å²) in [5.74, 6) is -0.323. The molecule has 1 aromatic heterocycles. The number of aliphatic hydroxyl groups is 1. The first-order valence-corrected chi connectivity index (χ1v) is 9.84. The minimum atomic E-state index is -4.91. The second-order valence-corrected chi connectivity index (χ2v) is 8.60. The molecule has 3 nitrogen and oxygen atoms in total. The lowest BCUT2D eigenvalue weighted by Gasteiger charge is -2.38. The Kier molecular flexibility index (Phi) is 6.02. The van der Waals surface area contributed by atoms with Crippen LogP contribution in [-0.2, 0) is 11.8 Å². The Balaban J connectivity index is 2.06. The summed E-state index contributed by atoms with van der Waals surface area (Å²) in [6, 6.07) is 10.5. The third-order valence-corrected chi connectivity index (χ3v) is 5.62. The van der Waals surface area contributed by atoms with Gasteiger partial charge in [0.15, 0.2) is 5.60 Å². The molecule has 0 aliphatic carbocycles. The van der Waals surface area contributed by atoms with Crippen LogP contribution in [0.3, 0.4) is 0 Å². The first kappa shape index (κ1) is 23.0. The zero-order valence-corrected chi connectivity index (χ0v) is 17.8. The Morgan fingerprint density at radius 3 is 2.39 bits per heavy atom. The van der Waals surface area contributed by atoms with E-state index in [4.69, 9.17) is 4.74 Å². The zero-order valence-electron chi connectivity index (χ0n) is 17.8. The molecule has 1 atom stereocenters. The number of aromatic nitrogens is 1. The number of alkyl halides is 3. The number of methoxy groups -OCH3 is 1. The Bertz CT molecular complexity index is 1090. The minimum Gasteiger partial charge on any atom is -0.496 e. The molecule has 1 N–H and O–H groups in total. The molecule has 1 heterocycles. The quantitative estimate of drug-likeness (QED) is 0.491. The standard InChI is InChI=1S/C24H25F4NO2/c1-15-5-7-18-16(9-10-29-20(18)11-15)13-23(30,24(26,27)28)14-22(2,3)19-12-17(25)6-8-21(19)31-4/h5-12,30H,13-14H2,1-4H3. The molecule has 0 radical (unpaired) electrons. The van der Waals surface area contributed by atoms with E-state index in [0.29, 0.717) is 16.5 Å². The highest BCUT2D eigenvalue weighted by atomic mass is 19.4. The highest BCUT2D eigenvalue weighted by Gasteiger charge is 2.56. The molecule has 0 saturated heterocycles.